The second-order valence-electron chi connectivity index (χ2n) is 4.80. The van der Waals surface area contributed by atoms with Crippen LogP contribution in [-0.2, 0) is 6.42 Å². The van der Waals surface area contributed by atoms with Crippen LogP contribution in [0.25, 0.3) is 0 Å². The predicted octanol–water partition coefficient (Wildman–Crippen LogP) is 3.98. The Morgan fingerprint density at radius 3 is 2.25 bits per heavy atom. The average molecular weight is 269 g/mol. The smallest absolute Gasteiger partial charge is 0.119 e. The van der Waals surface area contributed by atoms with Crippen LogP contribution in [0.15, 0.2) is 54.6 Å². The van der Waals surface area contributed by atoms with E-state index in [0.29, 0.717) is 12.6 Å². The van der Waals surface area contributed by atoms with Crippen molar-refractivity contribution in [2.24, 2.45) is 0 Å². The normalized spacial score (nSPS) is 12.1. The van der Waals surface area contributed by atoms with Gasteiger partial charge in [0.15, 0.2) is 0 Å². The Morgan fingerprint density at radius 2 is 1.65 bits per heavy atom. The van der Waals surface area contributed by atoms with Crippen LogP contribution < -0.4 is 10.1 Å². The fourth-order valence-corrected chi connectivity index (χ4v) is 2.37. The molecule has 1 atom stereocenters. The highest BCUT2D eigenvalue weighted by Crippen LogP contribution is 2.21. The lowest BCUT2D eigenvalue weighted by Gasteiger charge is -2.19. The fourth-order valence-electron chi connectivity index (χ4n) is 2.37. The summed E-state index contributed by atoms with van der Waals surface area (Å²) >= 11 is 0. The Morgan fingerprint density at radius 1 is 0.950 bits per heavy atom. The van der Waals surface area contributed by atoms with Crippen molar-refractivity contribution < 1.29 is 4.74 Å². The monoisotopic (exact) mass is 269 g/mol. The van der Waals surface area contributed by atoms with Gasteiger partial charge in [-0.25, -0.2) is 0 Å². The minimum absolute atomic E-state index is 0.345. The van der Waals surface area contributed by atoms with Crippen LogP contribution in [0.4, 0.5) is 0 Å². The Hall–Kier alpha value is -1.80. The first-order valence-electron chi connectivity index (χ1n) is 7.33. The van der Waals surface area contributed by atoms with Crippen LogP contribution in [-0.4, -0.2) is 13.2 Å². The molecule has 0 amide bonds. The fraction of sp³-hybridized carbons (Fsp3) is 0.333. The molecule has 2 heteroatoms. The molecular formula is C18H23NO. The van der Waals surface area contributed by atoms with Crippen molar-refractivity contribution in [3.8, 4) is 5.75 Å². The van der Waals surface area contributed by atoms with Crippen LogP contribution in [0.5, 0.6) is 5.75 Å². The number of nitrogens with one attached hydrogen (secondary N) is 1. The van der Waals surface area contributed by atoms with Gasteiger partial charge >= 0.3 is 0 Å². The summed E-state index contributed by atoms with van der Waals surface area (Å²) in [5.74, 6) is 0.936. The van der Waals surface area contributed by atoms with E-state index in [9.17, 15) is 0 Å². The first-order chi connectivity index (χ1) is 9.83. The standard InChI is InChI=1S/C18H23NO/c1-3-19-18(14-15-8-6-5-7-9-15)16-10-12-17(13-11-16)20-4-2/h5-13,18-19H,3-4,14H2,1-2H3. The summed E-state index contributed by atoms with van der Waals surface area (Å²) in [6, 6.07) is 19.4. The molecule has 0 aliphatic heterocycles. The Balaban J connectivity index is 2.11. The van der Waals surface area contributed by atoms with E-state index in [1.54, 1.807) is 0 Å². The molecule has 2 nitrogen and oxygen atoms in total. The maximum Gasteiger partial charge on any atom is 0.119 e. The topological polar surface area (TPSA) is 21.3 Å². The molecule has 2 rings (SSSR count). The van der Waals surface area contributed by atoms with Crippen molar-refractivity contribution in [2.45, 2.75) is 26.3 Å². The van der Waals surface area contributed by atoms with Crippen LogP contribution in [0.2, 0.25) is 0 Å². The summed E-state index contributed by atoms with van der Waals surface area (Å²) in [5.41, 5.74) is 2.66. The van der Waals surface area contributed by atoms with Gasteiger partial charge < -0.3 is 10.1 Å². The molecule has 0 radical (unpaired) electrons. The van der Waals surface area contributed by atoms with Gasteiger partial charge in [-0.05, 0) is 43.1 Å². The average Bonchev–Trinajstić information content (AvgIpc) is 2.49. The van der Waals surface area contributed by atoms with Gasteiger partial charge in [-0.1, -0.05) is 49.4 Å². The molecule has 20 heavy (non-hydrogen) atoms. The minimum atomic E-state index is 0.345. The summed E-state index contributed by atoms with van der Waals surface area (Å²) in [7, 11) is 0. The molecule has 0 bridgehead atoms. The van der Waals surface area contributed by atoms with Crippen molar-refractivity contribution in [1.29, 1.82) is 0 Å². The van der Waals surface area contributed by atoms with E-state index in [4.69, 9.17) is 4.74 Å². The maximum atomic E-state index is 5.50. The van der Waals surface area contributed by atoms with Crippen LogP contribution in [0.3, 0.4) is 0 Å². The Bertz CT molecular complexity index is 493. The van der Waals surface area contributed by atoms with E-state index in [0.717, 1.165) is 18.7 Å². The molecule has 0 spiro atoms. The van der Waals surface area contributed by atoms with Gasteiger partial charge in [0.05, 0.1) is 6.61 Å². The van der Waals surface area contributed by atoms with Gasteiger partial charge in [0.1, 0.15) is 5.75 Å². The lowest BCUT2D eigenvalue weighted by Crippen LogP contribution is -2.22. The summed E-state index contributed by atoms with van der Waals surface area (Å²) in [5, 5.41) is 3.56. The Labute approximate surface area is 121 Å². The molecular weight excluding hydrogens is 246 g/mol. The lowest BCUT2D eigenvalue weighted by molar-refractivity contribution is 0.340. The Kier molecular flexibility index (Phi) is 5.63. The van der Waals surface area contributed by atoms with Crippen molar-refractivity contribution in [2.75, 3.05) is 13.2 Å². The second-order valence-corrected chi connectivity index (χ2v) is 4.80. The van der Waals surface area contributed by atoms with E-state index in [-0.39, 0.29) is 0 Å². The first-order valence-corrected chi connectivity index (χ1v) is 7.33. The third-order valence-corrected chi connectivity index (χ3v) is 3.33. The van der Waals surface area contributed by atoms with Crippen LogP contribution in [0.1, 0.15) is 31.0 Å². The molecule has 0 aliphatic carbocycles. The van der Waals surface area contributed by atoms with Gasteiger partial charge in [-0.3, -0.25) is 0 Å². The zero-order valence-electron chi connectivity index (χ0n) is 12.3. The van der Waals surface area contributed by atoms with Gasteiger partial charge in [0.25, 0.3) is 0 Å². The largest absolute Gasteiger partial charge is 0.494 e. The van der Waals surface area contributed by atoms with Gasteiger partial charge in [-0.15, -0.1) is 0 Å². The van der Waals surface area contributed by atoms with E-state index in [1.807, 2.05) is 19.1 Å². The lowest BCUT2D eigenvalue weighted by atomic mass is 9.99. The highest BCUT2D eigenvalue weighted by Gasteiger charge is 2.11. The van der Waals surface area contributed by atoms with Crippen molar-refractivity contribution in [1.82, 2.24) is 5.32 Å². The third kappa shape index (κ3) is 4.10. The number of rotatable bonds is 7. The van der Waals surface area contributed by atoms with Crippen LogP contribution >= 0.6 is 0 Å². The molecule has 1 N–H and O–H groups in total. The predicted molar refractivity (Wildman–Crippen MR) is 84.2 cm³/mol. The molecule has 0 fully saturated rings. The molecule has 1 unspecified atom stereocenters. The molecule has 2 aromatic carbocycles. The minimum Gasteiger partial charge on any atom is -0.494 e. The second kappa shape index (κ2) is 7.71. The third-order valence-electron chi connectivity index (χ3n) is 3.33. The molecule has 0 heterocycles. The van der Waals surface area contributed by atoms with Crippen LogP contribution in [0, 0.1) is 0 Å². The molecule has 0 aromatic heterocycles. The quantitative estimate of drug-likeness (QED) is 0.821. The van der Waals surface area contributed by atoms with Crippen molar-refractivity contribution >= 4 is 0 Å². The molecule has 0 saturated heterocycles. The zero-order chi connectivity index (χ0) is 14.2. The van der Waals surface area contributed by atoms with E-state index < -0.39 is 0 Å². The molecule has 0 saturated carbocycles. The number of hydrogen-bond acceptors (Lipinski definition) is 2. The van der Waals surface area contributed by atoms with Crippen molar-refractivity contribution in [3.63, 3.8) is 0 Å². The summed E-state index contributed by atoms with van der Waals surface area (Å²) < 4.78 is 5.50. The zero-order valence-corrected chi connectivity index (χ0v) is 12.3. The number of hydrogen-bond donors (Lipinski definition) is 1. The maximum absolute atomic E-state index is 5.50. The summed E-state index contributed by atoms with van der Waals surface area (Å²) in [6.07, 6.45) is 1.00. The van der Waals surface area contributed by atoms with E-state index in [1.165, 1.54) is 11.1 Å². The summed E-state index contributed by atoms with van der Waals surface area (Å²) in [4.78, 5) is 0. The van der Waals surface area contributed by atoms with Gasteiger partial charge in [0.2, 0.25) is 0 Å². The summed E-state index contributed by atoms with van der Waals surface area (Å²) in [6.45, 7) is 5.82. The van der Waals surface area contributed by atoms with Gasteiger partial charge in [0, 0.05) is 6.04 Å². The SMILES string of the molecule is CCNC(Cc1ccccc1)c1ccc(OCC)cc1. The number of ether oxygens (including phenoxy) is 1. The number of benzene rings is 2. The molecule has 0 aliphatic rings. The van der Waals surface area contributed by atoms with E-state index in [2.05, 4.69) is 54.7 Å². The molecule has 2 aromatic rings. The van der Waals surface area contributed by atoms with E-state index >= 15 is 0 Å². The van der Waals surface area contributed by atoms with Crippen molar-refractivity contribution in [3.05, 3.63) is 65.7 Å². The number of likely N-dealkylation sites (N-methyl/N-ethyl adjacent to an activating group) is 1. The first kappa shape index (κ1) is 14.6. The highest BCUT2D eigenvalue weighted by molar-refractivity contribution is 5.30. The highest BCUT2D eigenvalue weighted by atomic mass is 16.5. The van der Waals surface area contributed by atoms with Gasteiger partial charge in [-0.2, -0.15) is 0 Å². The molecule has 106 valence electrons.